The predicted molar refractivity (Wildman–Crippen MR) is 68.9 cm³/mol. The molecule has 1 aliphatic carbocycles. The first-order valence-corrected chi connectivity index (χ1v) is 6.72. The smallest absolute Gasteiger partial charge is 0.418 e. The van der Waals surface area contributed by atoms with Crippen LogP contribution in [0.4, 0.5) is 18.9 Å². The quantitative estimate of drug-likeness (QED) is 0.810. The summed E-state index contributed by atoms with van der Waals surface area (Å²) in [6.07, 6.45) is -0.652. The van der Waals surface area contributed by atoms with Crippen LogP contribution < -0.4 is 10.4 Å². The van der Waals surface area contributed by atoms with Crippen molar-refractivity contribution >= 4 is 23.3 Å². The fraction of sp³-hybridized carbons (Fsp3) is 0.357. The van der Waals surface area contributed by atoms with Crippen LogP contribution in [0.15, 0.2) is 24.3 Å². The van der Waals surface area contributed by atoms with Crippen LogP contribution in [0, 0.1) is 5.92 Å². The average molecular weight is 317 g/mol. The molecule has 7 heteroatoms. The topological polar surface area (TPSA) is 52.2 Å². The molecule has 1 heterocycles. The monoisotopic (exact) mass is 316 g/mol. The maximum atomic E-state index is 13.1. The molecule has 112 valence electrons. The van der Waals surface area contributed by atoms with Gasteiger partial charge in [0, 0.05) is 16.5 Å². The van der Waals surface area contributed by atoms with E-state index in [-0.39, 0.29) is 16.6 Å². The Hall–Kier alpha value is -1.69. The van der Waals surface area contributed by atoms with Crippen LogP contribution in [0.1, 0.15) is 23.5 Å². The summed E-state index contributed by atoms with van der Waals surface area (Å²) >= 11 is 6.05. The minimum absolute atomic E-state index is 0.198. The Morgan fingerprint density at radius 2 is 2.10 bits per heavy atom. The highest BCUT2D eigenvalue weighted by Crippen LogP contribution is 2.50. The van der Waals surface area contributed by atoms with Gasteiger partial charge in [0.2, 0.25) is 0 Å². The van der Waals surface area contributed by atoms with E-state index >= 15 is 0 Å². The van der Waals surface area contributed by atoms with E-state index in [1.807, 2.05) is 0 Å². The Morgan fingerprint density at radius 1 is 1.38 bits per heavy atom. The van der Waals surface area contributed by atoms with Crippen LogP contribution >= 0.6 is 11.6 Å². The van der Waals surface area contributed by atoms with Gasteiger partial charge in [-0.3, -0.25) is 0 Å². The molecule has 1 aliphatic heterocycles. The first-order valence-electron chi connectivity index (χ1n) is 6.34. The summed E-state index contributed by atoms with van der Waals surface area (Å²) in [5, 5.41) is 13.9. The van der Waals surface area contributed by atoms with E-state index in [4.69, 9.17) is 11.6 Å². The summed E-state index contributed by atoms with van der Waals surface area (Å²) in [7, 11) is 0. The summed E-state index contributed by atoms with van der Waals surface area (Å²) in [4.78, 5) is 11.2. The average Bonchev–Trinajstić information content (AvgIpc) is 2.84. The molecule has 0 saturated heterocycles. The third-order valence-corrected chi connectivity index (χ3v) is 4.36. The van der Waals surface area contributed by atoms with Crippen molar-refractivity contribution in [3.8, 4) is 0 Å². The van der Waals surface area contributed by atoms with Gasteiger partial charge in [0.05, 0.1) is 23.3 Å². The van der Waals surface area contributed by atoms with Crippen LogP contribution in [-0.2, 0) is 11.0 Å². The van der Waals surface area contributed by atoms with Crippen molar-refractivity contribution in [3.05, 3.63) is 40.4 Å². The van der Waals surface area contributed by atoms with Gasteiger partial charge in [0.15, 0.2) is 0 Å². The molecule has 0 saturated carbocycles. The van der Waals surface area contributed by atoms with Gasteiger partial charge in [-0.1, -0.05) is 23.8 Å². The molecular weight excluding hydrogens is 307 g/mol. The second kappa shape index (κ2) is 4.66. The van der Waals surface area contributed by atoms with Gasteiger partial charge < -0.3 is 15.2 Å². The van der Waals surface area contributed by atoms with Crippen LogP contribution in [-0.4, -0.2) is 12.0 Å². The highest BCUT2D eigenvalue weighted by molar-refractivity contribution is 6.32. The van der Waals surface area contributed by atoms with E-state index in [9.17, 15) is 23.1 Å². The number of carbonyl (C=O) groups is 1. The van der Waals surface area contributed by atoms with Crippen molar-refractivity contribution in [2.45, 2.75) is 24.6 Å². The number of benzene rings is 1. The molecular formula is C14H10ClF3NO2-. The van der Waals surface area contributed by atoms with Crippen molar-refractivity contribution < 1.29 is 23.1 Å². The third-order valence-electron chi connectivity index (χ3n) is 4.03. The molecule has 1 N–H and O–H groups in total. The molecule has 0 aromatic heterocycles. The normalized spacial score (nSPS) is 27.0. The van der Waals surface area contributed by atoms with Crippen molar-refractivity contribution in [2.75, 3.05) is 5.32 Å². The Balaban J connectivity index is 2.22. The maximum Gasteiger partial charge on any atom is 0.418 e. The molecule has 21 heavy (non-hydrogen) atoms. The zero-order valence-electron chi connectivity index (χ0n) is 10.6. The van der Waals surface area contributed by atoms with Crippen LogP contribution in [0.3, 0.4) is 0 Å². The molecule has 0 fully saturated rings. The van der Waals surface area contributed by atoms with E-state index in [0.717, 1.165) is 6.07 Å². The summed E-state index contributed by atoms with van der Waals surface area (Å²) in [6, 6.07) is 0.893. The molecule has 2 aliphatic rings. The number of halogens is 4. The lowest BCUT2D eigenvalue weighted by Gasteiger charge is -2.39. The van der Waals surface area contributed by atoms with E-state index < -0.39 is 29.7 Å². The van der Waals surface area contributed by atoms with Gasteiger partial charge in [-0.05, 0) is 24.5 Å². The minimum atomic E-state index is -4.59. The highest BCUT2D eigenvalue weighted by atomic mass is 35.5. The predicted octanol–water partition coefficient (Wildman–Crippen LogP) is 2.56. The van der Waals surface area contributed by atoms with E-state index in [2.05, 4.69) is 5.32 Å². The molecule has 3 nitrogen and oxygen atoms in total. The number of carbonyl (C=O) groups excluding carboxylic acids is 1. The molecule has 1 aromatic rings. The lowest BCUT2D eigenvalue weighted by molar-refractivity contribution is -0.308. The Labute approximate surface area is 123 Å². The summed E-state index contributed by atoms with van der Waals surface area (Å²) in [6.45, 7) is 0. The lowest BCUT2D eigenvalue weighted by Crippen LogP contribution is -2.49. The van der Waals surface area contributed by atoms with Crippen molar-refractivity contribution in [2.24, 2.45) is 5.92 Å². The first-order chi connectivity index (χ1) is 9.80. The molecule has 0 bridgehead atoms. The second-order valence-corrected chi connectivity index (χ2v) is 5.58. The lowest BCUT2D eigenvalue weighted by atomic mass is 9.78. The molecule has 0 unspecified atom stereocenters. The summed E-state index contributed by atoms with van der Waals surface area (Å²) in [5.41, 5.74) is -0.855. The first kappa shape index (κ1) is 14.3. The van der Waals surface area contributed by atoms with E-state index in [0.29, 0.717) is 12.0 Å². The standard InChI is InChI=1S/C14H11ClF3NO2/c15-9-5-4-8(14(16,17)18)12-10(9)6-2-1-3-7(6)11(19-12)13(20)21/h1-2,4-7,11,19H,3H2,(H,20,21)/p-1/t6-,7+,11-/m0/s1. The highest BCUT2D eigenvalue weighted by Gasteiger charge is 2.43. The second-order valence-electron chi connectivity index (χ2n) is 5.18. The molecule has 0 radical (unpaired) electrons. The number of hydrogen-bond acceptors (Lipinski definition) is 3. The number of allylic oxidation sites excluding steroid dienone is 2. The fourth-order valence-corrected chi connectivity index (χ4v) is 3.42. The molecule has 3 atom stereocenters. The third kappa shape index (κ3) is 2.18. The van der Waals surface area contributed by atoms with Gasteiger partial charge in [0.25, 0.3) is 0 Å². The van der Waals surface area contributed by atoms with E-state index in [1.165, 1.54) is 6.07 Å². The Bertz CT molecular complexity index is 642. The van der Waals surface area contributed by atoms with Gasteiger partial charge >= 0.3 is 6.18 Å². The van der Waals surface area contributed by atoms with Gasteiger partial charge in [0.1, 0.15) is 0 Å². The van der Waals surface area contributed by atoms with Crippen molar-refractivity contribution in [3.63, 3.8) is 0 Å². The van der Waals surface area contributed by atoms with Gasteiger partial charge in [-0.15, -0.1) is 0 Å². The summed E-state index contributed by atoms with van der Waals surface area (Å²) < 4.78 is 39.3. The number of hydrogen-bond donors (Lipinski definition) is 1. The zero-order valence-corrected chi connectivity index (χ0v) is 11.3. The van der Waals surface area contributed by atoms with Crippen molar-refractivity contribution in [1.82, 2.24) is 0 Å². The molecule has 0 amide bonds. The molecule has 3 rings (SSSR count). The number of rotatable bonds is 1. The number of fused-ring (bicyclic) bond motifs is 3. The van der Waals surface area contributed by atoms with Crippen LogP contribution in [0.25, 0.3) is 0 Å². The SMILES string of the molecule is O=C([O-])[C@H]1Nc2c(C(F)(F)F)ccc(Cl)c2[C@H]2C=CC[C@@H]12. The number of carboxylic acid groups (broad SMARTS) is 1. The van der Waals surface area contributed by atoms with Gasteiger partial charge in [-0.25, -0.2) is 0 Å². The molecule has 1 aromatic carbocycles. The summed E-state index contributed by atoms with van der Waals surface area (Å²) in [5.74, 6) is -2.24. The minimum Gasteiger partial charge on any atom is -0.548 e. The number of alkyl halides is 3. The largest absolute Gasteiger partial charge is 0.548 e. The Kier molecular flexibility index (Phi) is 3.16. The van der Waals surface area contributed by atoms with Crippen LogP contribution in [0.2, 0.25) is 5.02 Å². The molecule has 0 spiro atoms. The van der Waals surface area contributed by atoms with E-state index in [1.54, 1.807) is 12.2 Å². The van der Waals surface area contributed by atoms with Crippen LogP contribution in [0.5, 0.6) is 0 Å². The number of nitrogens with one attached hydrogen (secondary N) is 1. The van der Waals surface area contributed by atoms with Crippen molar-refractivity contribution in [1.29, 1.82) is 0 Å². The fourth-order valence-electron chi connectivity index (χ4n) is 3.13. The maximum absolute atomic E-state index is 13.1. The number of anilines is 1. The van der Waals surface area contributed by atoms with Gasteiger partial charge in [-0.2, -0.15) is 13.2 Å². The zero-order chi connectivity index (χ0) is 15.4. The number of carboxylic acids is 1. The Morgan fingerprint density at radius 3 is 2.71 bits per heavy atom. The number of aliphatic carboxylic acids is 1.